The number of aryl methyl sites for hydroxylation is 1. The Hall–Kier alpha value is -1.72. The third kappa shape index (κ3) is 2.66. The van der Waals surface area contributed by atoms with Crippen LogP contribution < -0.4 is 0 Å². The minimum Gasteiger partial charge on any atom is -0.294 e. The smallest absolute Gasteiger partial charge is 0.243 e. The first-order chi connectivity index (χ1) is 10.4. The number of benzene rings is 1. The third-order valence-corrected chi connectivity index (χ3v) is 6.15. The Balaban J connectivity index is 1.92. The van der Waals surface area contributed by atoms with Crippen molar-refractivity contribution in [2.24, 2.45) is 0 Å². The van der Waals surface area contributed by atoms with Crippen LogP contribution in [0, 0.1) is 6.92 Å². The summed E-state index contributed by atoms with van der Waals surface area (Å²) < 4.78 is 27.1. The summed E-state index contributed by atoms with van der Waals surface area (Å²) in [7, 11) is -3.49. The standard InChI is InChI=1S/C17H19NO3S/c1-12-3-5-16(6-4-12)22(20,21)18-8-7-14-9-15(19)10-17(14)13(2)11-18/h3-6,9H,7-8,10-11H2,1-2H3. The molecule has 22 heavy (non-hydrogen) atoms. The molecule has 3 rings (SSSR count). The maximum atomic E-state index is 12.8. The van der Waals surface area contributed by atoms with Crippen molar-refractivity contribution in [1.82, 2.24) is 4.31 Å². The molecule has 0 N–H and O–H groups in total. The van der Waals surface area contributed by atoms with Crippen LogP contribution in [0.3, 0.4) is 0 Å². The highest BCUT2D eigenvalue weighted by Gasteiger charge is 2.30. The molecule has 4 nitrogen and oxygen atoms in total. The van der Waals surface area contributed by atoms with Crippen molar-refractivity contribution in [1.29, 1.82) is 0 Å². The molecule has 5 heteroatoms. The minimum absolute atomic E-state index is 0.124. The molecule has 0 saturated carbocycles. The summed E-state index contributed by atoms with van der Waals surface area (Å²) in [6, 6.07) is 6.93. The van der Waals surface area contributed by atoms with Gasteiger partial charge in [-0.15, -0.1) is 0 Å². The van der Waals surface area contributed by atoms with E-state index < -0.39 is 10.0 Å². The highest BCUT2D eigenvalue weighted by molar-refractivity contribution is 7.89. The molecule has 0 aromatic heterocycles. The van der Waals surface area contributed by atoms with Gasteiger partial charge >= 0.3 is 0 Å². The van der Waals surface area contributed by atoms with Crippen molar-refractivity contribution in [2.45, 2.75) is 31.6 Å². The van der Waals surface area contributed by atoms with Crippen LogP contribution in [0.5, 0.6) is 0 Å². The van der Waals surface area contributed by atoms with Crippen molar-refractivity contribution in [3.05, 3.63) is 52.6 Å². The third-order valence-electron chi connectivity index (χ3n) is 4.29. The molecule has 0 bridgehead atoms. The summed E-state index contributed by atoms with van der Waals surface area (Å²) in [6.07, 6.45) is 2.68. The SMILES string of the molecule is CC1=C2CC(=O)C=C2CCN(S(=O)(=O)c2ccc(C)cc2)C1. The zero-order valence-corrected chi connectivity index (χ0v) is 13.6. The number of allylic oxidation sites excluding steroid dienone is 2. The van der Waals surface area contributed by atoms with E-state index in [4.69, 9.17) is 0 Å². The van der Waals surface area contributed by atoms with Crippen LogP contribution in [0.2, 0.25) is 0 Å². The predicted octanol–water partition coefficient (Wildman–Crippen LogP) is 2.61. The predicted molar refractivity (Wildman–Crippen MR) is 85.0 cm³/mol. The summed E-state index contributed by atoms with van der Waals surface area (Å²) in [6.45, 7) is 4.62. The number of carbonyl (C=O) groups excluding carboxylic acids is 1. The lowest BCUT2D eigenvalue weighted by Crippen LogP contribution is -2.32. The molecule has 0 radical (unpaired) electrons. The van der Waals surface area contributed by atoms with Crippen LogP contribution in [0.25, 0.3) is 0 Å². The summed E-state index contributed by atoms with van der Waals surface area (Å²) in [4.78, 5) is 11.9. The molecule has 0 unspecified atom stereocenters. The second-order valence-corrected chi connectivity index (χ2v) is 7.91. The van der Waals surface area contributed by atoms with E-state index in [-0.39, 0.29) is 5.78 Å². The van der Waals surface area contributed by atoms with Gasteiger partial charge in [0.15, 0.2) is 5.78 Å². The first-order valence-corrected chi connectivity index (χ1v) is 8.81. The quantitative estimate of drug-likeness (QED) is 0.842. The molecular formula is C17H19NO3S. The normalized spacial score (nSPS) is 19.9. The summed E-state index contributed by atoms with van der Waals surface area (Å²) in [5.41, 5.74) is 4.05. The molecule has 0 atom stereocenters. The highest BCUT2D eigenvalue weighted by Crippen LogP contribution is 2.33. The van der Waals surface area contributed by atoms with Crippen molar-refractivity contribution in [3.63, 3.8) is 0 Å². The van der Waals surface area contributed by atoms with Crippen LogP contribution in [0.4, 0.5) is 0 Å². The molecule has 0 spiro atoms. The van der Waals surface area contributed by atoms with Gasteiger partial charge in [0.05, 0.1) is 4.90 Å². The summed E-state index contributed by atoms with van der Waals surface area (Å²) in [5, 5.41) is 0. The Labute approximate surface area is 131 Å². The van der Waals surface area contributed by atoms with Crippen molar-refractivity contribution >= 4 is 15.8 Å². The fraction of sp³-hybridized carbons (Fsp3) is 0.353. The number of carbonyl (C=O) groups is 1. The van der Waals surface area contributed by atoms with Crippen LogP contribution in [-0.4, -0.2) is 31.6 Å². The van der Waals surface area contributed by atoms with Gasteiger partial charge in [-0.1, -0.05) is 23.3 Å². The van der Waals surface area contributed by atoms with Crippen LogP contribution in [0.15, 0.2) is 52.0 Å². The second kappa shape index (κ2) is 5.48. The maximum absolute atomic E-state index is 12.8. The van der Waals surface area contributed by atoms with E-state index in [1.807, 2.05) is 26.0 Å². The fourth-order valence-electron chi connectivity index (χ4n) is 3.02. The van der Waals surface area contributed by atoms with E-state index in [1.165, 1.54) is 4.31 Å². The van der Waals surface area contributed by atoms with E-state index in [9.17, 15) is 13.2 Å². The van der Waals surface area contributed by atoms with Crippen LogP contribution >= 0.6 is 0 Å². The first kappa shape index (κ1) is 15.2. The molecule has 0 fully saturated rings. The molecule has 0 amide bonds. The summed E-state index contributed by atoms with van der Waals surface area (Å²) in [5.74, 6) is 0.124. The van der Waals surface area contributed by atoms with Crippen molar-refractivity contribution < 1.29 is 13.2 Å². The number of sulfonamides is 1. The minimum atomic E-state index is -3.49. The zero-order chi connectivity index (χ0) is 15.9. The average molecular weight is 317 g/mol. The Morgan fingerprint density at radius 1 is 1.09 bits per heavy atom. The molecule has 1 aliphatic carbocycles. The average Bonchev–Trinajstić information content (AvgIpc) is 2.77. The van der Waals surface area contributed by atoms with Crippen LogP contribution in [0.1, 0.15) is 25.3 Å². The number of hydrogen-bond acceptors (Lipinski definition) is 3. The van der Waals surface area contributed by atoms with Gasteiger partial charge in [0.2, 0.25) is 10.0 Å². The van der Waals surface area contributed by atoms with E-state index in [1.54, 1.807) is 18.2 Å². The Kier molecular flexibility index (Phi) is 3.78. The fourth-order valence-corrected chi connectivity index (χ4v) is 4.49. The van der Waals surface area contributed by atoms with Gasteiger partial charge in [-0.05, 0) is 49.6 Å². The first-order valence-electron chi connectivity index (χ1n) is 7.37. The lowest BCUT2D eigenvalue weighted by Gasteiger charge is -2.21. The zero-order valence-electron chi connectivity index (χ0n) is 12.8. The highest BCUT2D eigenvalue weighted by atomic mass is 32.2. The lowest BCUT2D eigenvalue weighted by atomic mass is 10.0. The van der Waals surface area contributed by atoms with E-state index >= 15 is 0 Å². The molecule has 0 saturated heterocycles. The Morgan fingerprint density at radius 3 is 2.45 bits per heavy atom. The van der Waals surface area contributed by atoms with Gasteiger partial charge in [-0.3, -0.25) is 4.79 Å². The molecule has 1 aromatic carbocycles. The van der Waals surface area contributed by atoms with Gasteiger partial charge in [0, 0.05) is 19.5 Å². The lowest BCUT2D eigenvalue weighted by molar-refractivity contribution is -0.113. The molecule has 1 aliphatic heterocycles. The number of hydrogen-bond donors (Lipinski definition) is 0. The summed E-state index contributed by atoms with van der Waals surface area (Å²) >= 11 is 0. The van der Waals surface area contributed by atoms with Gasteiger partial charge in [0.25, 0.3) is 0 Å². The van der Waals surface area contributed by atoms with E-state index in [2.05, 4.69) is 0 Å². The molecule has 1 heterocycles. The van der Waals surface area contributed by atoms with Gasteiger partial charge in [-0.25, -0.2) is 8.42 Å². The number of nitrogens with zero attached hydrogens (tertiary/aromatic N) is 1. The molecule has 2 aliphatic rings. The molecule has 116 valence electrons. The molecular weight excluding hydrogens is 298 g/mol. The van der Waals surface area contributed by atoms with Crippen LogP contribution in [-0.2, 0) is 14.8 Å². The van der Waals surface area contributed by atoms with Crippen molar-refractivity contribution in [2.75, 3.05) is 13.1 Å². The monoisotopic (exact) mass is 317 g/mol. The maximum Gasteiger partial charge on any atom is 0.243 e. The number of fused-ring (bicyclic) bond motifs is 1. The van der Waals surface area contributed by atoms with E-state index in [0.29, 0.717) is 30.8 Å². The van der Waals surface area contributed by atoms with Gasteiger partial charge < -0.3 is 0 Å². The Bertz CT molecular complexity index is 786. The number of ketones is 1. The van der Waals surface area contributed by atoms with Gasteiger partial charge in [0.1, 0.15) is 0 Å². The topological polar surface area (TPSA) is 54.5 Å². The van der Waals surface area contributed by atoms with Crippen molar-refractivity contribution in [3.8, 4) is 0 Å². The van der Waals surface area contributed by atoms with E-state index in [0.717, 1.165) is 22.3 Å². The molecule has 1 aromatic rings. The largest absolute Gasteiger partial charge is 0.294 e. The Morgan fingerprint density at radius 2 is 1.77 bits per heavy atom. The van der Waals surface area contributed by atoms with Gasteiger partial charge in [-0.2, -0.15) is 4.31 Å². The number of rotatable bonds is 2. The second-order valence-electron chi connectivity index (χ2n) is 5.97.